The lowest BCUT2D eigenvalue weighted by Gasteiger charge is -2.26. The Hall–Kier alpha value is -3.48. The molecule has 2 rings (SSSR count). The third-order valence-electron chi connectivity index (χ3n) is 6.02. The molecule has 200 valence electrons. The largest absolute Gasteiger partial charge is 0.398 e. The molecular formula is C30H43FN6. The van der Waals surface area contributed by atoms with Gasteiger partial charge in [-0.05, 0) is 62.4 Å². The average molecular weight is 507 g/mol. The zero-order chi connectivity index (χ0) is 27.4. The lowest BCUT2D eigenvalue weighted by Crippen LogP contribution is -2.23. The highest BCUT2D eigenvalue weighted by atomic mass is 19.1. The molecule has 0 bridgehead atoms. The van der Waals surface area contributed by atoms with E-state index in [1.807, 2.05) is 18.3 Å². The third-order valence-corrected chi connectivity index (χ3v) is 6.02. The van der Waals surface area contributed by atoms with Gasteiger partial charge in [0.15, 0.2) is 0 Å². The maximum atomic E-state index is 14.9. The van der Waals surface area contributed by atoms with Crippen LogP contribution in [0.1, 0.15) is 71.9 Å². The van der Waals surface area contributed by atoms with Gasteiger partial charge in [-0.2, -0.15) is 0 Å². The summed E-state index contributed by atoms with van der Waals surface area (Å²) in [6.45, 7) is 13.4. The van der Waals surface area contributed by atoms with Crippen molar-refractivity contribution in [2.24, 2.45) is 15.9 Å². The molecule has 37 heavy (non-hydrogen) atoms. The number of pyridine rings is 1. The summed E-state index contributed by atoms with van der Waals surface area (Å²) >= 11 is 0. The fraction of sp³-hybridized carbons (Fsp3) is 0.433. The number of halogens is 1. The second-order valence-corrected chi connectivity index (χ2v) is 9.05. The summed E-state index contributed by atoms with van der Waals surface area (Å²) in [5, 5.41) is 3.19. The van der Waals surface area contributed by atoms with Crippen molar-refractivity contribution in [3.8, 4) is 0 Å². The predicted octanol–water partition coefficient (Wildman–Crippen LogP) is 7.39. The first kappa shape index (κ1) is 29.7. The van der Waals surface area contributed by atoms with E-state index in [9.17, 15) is 4.39 Å². The van der Waals surface area contributed by atoms with Crippen LogP contribution in [-0.2, 0) is 0 Å². The molecule has 1 heterocycles. The Morgan fingerprint density at radius 3 is 2.49 bits per heavy atom. The third kappa shape index (κ3) is 8.00. The Bertz CT molecular complexity index is 1130. The molecule has 0 saturated heterocycles. The van der Waals surface area contributed by atoms with Crippen molar-refractivity contribution in [2.45, 2.75) is 60.8 Å². The highest BCUT2D eigenvalue weighted by Gasteiger charge is 2.16. The topological polar surface area (TPSA) is 78.9 Å². The first-order valence-corrected chi connectivity index (χ1v) is 13.2. The lowest BCUT2D eigenvalue weighted by atomic mass is 9.95. The van der Waals surface area contributed by atoms with Gasteiger partial charge in [0.05, 0.1) is 11.9 Å². The van der Waals surface area contributed by atoms with E-state index in [4.69, 9.17) is 5.73 Å². The lowest BCUT2D eigenvalue weighted by molar-refractivity contribution is 0.678. The number of anilines is 3. The number of hydrogen-bond donors (Lipinski definition) is 2. The molecule has 3 N–H and O–H groups in total. The molecule has 0 fully saturated rings. The van der Waals surface area contributed by atoms with Crippen LogP contribution >= 0.6 is 0 Å². The van der Waals surface area contributed by atoms with Crippen LogP contribution in [0.25, 0.3) is 0 Å². The number of rotatable bonds is 13. The average Bonchev–Trinajstić information content (AvgIpc) is 2.90. The van der Waals surface area contributed by atoms with E-state index < -0.39 is 5.83 Å². The highest BCUT2D eigenvalue weighted by Crippen LogP contribution is 2.24. The number of aromatic nitrogens is 1. The fourth-order valence-corrected chi connectivity index (χ4v) is 4.25. The van der Waals surface area contributed by atoms with Crippen molar-refractivity contribution in [2.75, 3.05) is 36.2 Å². The number of allylic oxidation sites excluding steroid dienone is 4. The van der Waals surface area contributed by atoms with Crippen LogP contribution < -0.4 is 16.0 Å². The zero-order valence-corrected chi connectivity index (χ0v) is 23.5. The van der Waals surface area contributed by atoms with Crippen molar-refractivity contribution >= 4 is 28.6 Å². The number of hydrogen-bond acceptors (Lipinski definition) is 6. The van der Waals surface area contributed by atoms with E-state index in [-0.39, 0.29) is 18.3 Å². The van der Waals surface area contributed by atoms with Gasteiger partial charge in [-0.25, -0.2) is 9.37 Å². The first-order valence-electron chi connectivity index (χ1n) is 13.2. The van der Waals surface area contributed by atoms with Gasteiger partial charge in [-0.1, -0.05) is 46.8 Å². The Morgan fingerprint density at radius 2 is 1.95 bits per heavy atom. The van der Waals surface area contributed by atoms with Crippen LogP contribution in [0.2, 0.25) is 0 Å². The minimum absolute atomic E-state index is 0.177. The zero-order valence-electron chi connectivity index (χ0n) is 23.5. The number of aliphatic imine (C=N–C) groups is 2. The van der Waals surface area contributed by atoms with Crippen LogP contribution in [0, 0.1) is 5.92 Å². The number of nitrogens with zero attached hydrogens (tertiary/aromatic N) is 4. The molecule has 7 heteroatoms. The van der Waals surface area contributed by atoms with Crippen LogP contribution in [-0.4, -0.2) is 36.7 Å². The molecule has 0 amide bonds. The van der Waals surface area contributed by atoms with Crippen LogP contribution in [0.5, 0.6) is 0 Å². The van der Waals surface area contributed by atoms with Gasteiger partial charge in [0.25, 0.3) is 0 Å². The normalized spacial score (nSPS) is 13.3. The molecule has 0 spiro atoms. The molecule has 2 aromatic rings. The van der Waals surface area contributed by atoms with E-state index in [0.29, 0.717) is 17.1 Å². The molecule has 0 unspecified atom stereocenters. The van der Waals surface area contributed by atoms with Gasteiger partial charge in [-0.3, -0.25) is 9.98 Å². The van der Waals surface area contributed by atoms with Crippen molar-refractivity contribution in [3.05, 3.63) is 71.3 Å². The maximum absolute atomic E-state index is 14.9. The smallest absolute Gasteiger partial charge is 0.144 e. The summed E-state index contributed by atoms with van der Waals surface area (Å²) in [5.41, 5.74) is 11.8. The quantitative estimate of drug-likeness (QED) is 0.219. The summed E-state index contributed by atoms with van der Waals surface area (Å²) in [4.78, 5) is 15.8. The molecule has 0 radical (unpaired) electrons. The van der Waals surface area contributed by atoms with E-state index in [2.05, 4.69) is 71.9 Å². The molecule has 6 nitrogen and oxygen atoms in total. The van der Waals surface area contributed by atoms with E-state index >= 15 is 0 Å². The number of nitrogens with two attached hydrogens (primary N) is 1. The Balaban J connectivity index is 2.28. The molecule has 0 aliphatic heterocycles. The van der Waals surface area contributed by atoms with Crippen molar-refractivity contribution < 1.29 is 4.39 Å². The number of nitrogens with one attached hydrogen (secondary N) is 1. The molecule has 0 saturated carbocycles. The van der Waals surface area contributed by atoms with Gasteiger partial charge in [0.1, 0.15) is 24.0 Å². The molecule has 0 atom stereocenters. The minimum atomic E-state index is -0.398. The fourth-order valence-electron chi connectivity index (χ4n) is 4.25. The standard InChI is InChI=1S/C30H43FN6/c1-8-12-23(10-3)37(17-9-2)24-14-16-28(34-19-24)35-20-36-30(26(31)11-4)22-13-15-27(32)25(18-22)29(33-7)21(5)6/h11-16,18-19,21H,8-10,17,20,32H2,1-7H3,(H,34,35)/b23-12+,26-11+,33-29?,36-30?. The van der Waals surface area contributed by atoms with Gasteiger partial charge in [0.2, 0.25) is 0 Å². The maximum Gasteiger partial charge on any atom is 0.144 e. The highest BCUT2D eigenvalue weighted by molar-refractivity contribution is 6.14. The SMILES string of the molecule is C/C=C(/F)C(=NCNc1ccc(N(CCC)/C(=C/CC)CC)cn1)c1ccc(N)c(C(=NC)C(C)C)c1. The van der Waals surface area contributed by atoms with Crippen molar-refractivity contribution in [3.63, 3.8) is 0 Å². The molecular weight excluding hydrogens is 463 g/mol. The number of nitrogen functional groups attached to an aromatic ring is 1. The summed E-state index contributed by atoms with van der Waals surface area (Å²) in [7, 11) is 1.75. The summed E-state index contributed by atoms with van der Waals surface area (Å²) < 4.78 is 14.9. The summed E-state index contributed by atoms with van der Waals surface area (Å²) in [6.07, 6.45) is 8.57. The molecule has 0 aliphatic rings. The summed E-state index contributed by atoms with van der Waals surface area (Å²) in [6, 6.07) is 9.43. The van der Waals surface area contributed by atoms with Gasteiger partial charge >= 0.3 is 0 Å². The Morgan fingerprint density at radius 1 is 1.19 bits per heavy atom. The van der Waals surface area contributed by atoms with Crippen LogP contribution in [0.4, 0.5) is 21.6 Å². The monoisotopic (exact) mass is 506 g/mol. The summed E-state index contributed by atoms with van der Waals surface area (Å²) in [5.74, 6) is 0.467. The van der Waals surface area contributed by atoms with Gasteiger partial charge in [0, 0.05) is 41.8 Å². The van der Waals surface area contributed by atoms with Gasteiger partial charge < -0.3 is 16.0 Å². The minimum Gasteiger partial charge on any atom is -0.398 e. The Labute approximate surface area is 222 Å². The van der Waals surface area contributed by atoms with Crippen molar-refractivity contribution in [1.82, 2.24) is 4.98 Å². The van der Waals surface area contributed by atoms with Crippen molar-refractivity contribution in [1.29, 1.82) is 0 Å². The van der Waals surface area contributed by atoms with Gasteiger partial charge in [-0.15, -0.1) is 0 Å². The van der Waals surface area contributed by atoms with Crippen LogP contribution in [0.15, 0.2) is 70.2 Å². The first-order chi connectivity index (χ1) is 17.8. The van der Waals surface area contributed by atoms with E-state index in [1.54, 1.807) is 26.1 Å². The van der Waals surface area contributed by atoms with E-state index in [1.165, 1.54) is 11.8 Å². The second kappa shape index (κ2) is 14.9. The number of benzene rings is 1. The molecule has 0 aliphatic carbocycles. The Kier molecular flexibility index (Phi) is 12.0. The molecule has 1 aromatic heterocycles. The predicted molar refractivity (Wildman–Crippen MR) is 159 cm³/mol. The van der Waals surface area contributed by atoms with E-state index in [0.717, 1.165) is 42.8 Å². The van der Waals surface area contributed by atoms with Crippen LogP contribution in [0.3, 0.4) is 0 Å². The second-order valence-electron chi connectivity index (χ2n) is 9.05. The molecule has 1 aromatic carbocycles.